The summed E-state index contributed by atoms with van der Waals surface area (Å²) in [6, 6.07) is 40.5. The van der Waals surface area contributed by atoms with Gasteiger partial charge in [-0.05, 0) is 49.9 Å². The quantitative estimate of drug-likeness (QED) is 0.252. The summed E-state index contributed by atoms with van der Waals surface area (Å²) in [5.74, 6) is 0.121. The maximum absolute atomic E-state index is 10.6. The number of hydrogen-bond acceptors (Lipinski definition) is 4. The van der Waals surface area contributed by atoms with Crippen LogP contribution in [0.2, 0.25) is 0 Å². The maximum atomic E-state index is 10.6. The van der Waals surface area contributed by atoms with Gasteiger partial charge in [0.2, 0.25) is 0 Å². The SMILES string of the molecule is CC(=O)c1ccccc1.C[C@@H](O)c1ccccc1.[B]1OC(c2ccccc2)(c2ccccc2)[C@@H]2CCCN12. The summed E-state index contributed by atoms with van der Waals surface area (Å²) in [6.07, 6.45) is 2.08. The molecule has 0 unspecified atom stereocenters. The number of nitrogens with zero attached hydrogens (tertiary/aromatic N) is 1. The highest BCUT2D eigenvalue weighted by Crippen LogP contribution is 2.46. The van der Waals surface area contributed by atoms with E-state index < -0.39 is 0 Å². The summed E-state index contributed by atoms with van der Waals surface area (Å²) < 4.78 is 6.28. The van der Waals surface area contributed by atoms with E-state index >= 15 is 0 Å². The van der Waals surface area contributed by atoms with Crippen LogP contribution in [0.3, 0.4) is 0 Å². The predicted octanol–water partition coefficient (Wildman–Crippen LogP) is 6.59. The van der Waals surface area contributed by atoms with Crippen molar-refractivity contribution in [1.29, 1.82) is 0 Å². The summed E-state index contributed by atoms with van der Waals surface area (Å²) >= 11 is 0. The zero-order valence-corrected chi connectivity index (χ0v) is 22.1. The highest BCUT2D eigenvalue weighted by molar-refractivity contribution is 6.25. The fraction of sp³-hybridized carbons (Fsp3) is 0.242. The number of benzene rings is 4. The average Bonchev–Trinajstić information content (AvgIpc) is 3.59. The molecular formula is C33H35BNO3. The molecule has 0 bridgehead atoms. The fourth-order valence-corrected chi connectivity index (χ4v) is 5.04. The summed E-state index contributed by atoms with van der Waals surface area (Å²) in [4.78, 5) is 13.0. The van der Waals surface area contributed by atoms with Crippen molar-refractivity contribution in [2.45, 2.75) is 44.4 Å². The summed E-state index contributed by atoms with van der Waals surface area (Å²) in [5.41, 5.74) is 3.89. The van der Waals surface area contributed by atoms with E-state index in [-0.39, 0.29) is 17.5 Å². The molecule has 4 aromatic rings. The lowest BCUT2D eigenvalue weighted by Crippen LogP contribution is -2.40. The molecule has 0 saturated carbocycles. The van der Waals surface area contributed by atoms with Gasteiger partial charge in [0.1, 0.15) is 5.60 Å². The third-order valence-corrected chi connectivity index (χ3v) is 7.01. The van der Waals surface area contributed by atoms with E-state index in [9.17, 15) is 4.79 Å². The normalized spacial score (nSPS) is 18.0. The molecule has 2 atom stereocenters. The first-order valence-corrected chi connectivity index (χ1v) is 13.2. The van der Waals surface area contributed by atoms with Gasteiger partial charge in [-0.15, -0.1) is 0 Å². The van der Waals surface area contributed by atoms with Crippen molar-refractivity contribution in [2.75, 3.05) is 6.54 Å². The topological polar surface area (TPSA) is 49.8 Å². The lowest BCUT2D eigenvalue weighted by Gasteiger charge is -2.36. The molecule has 193 valence electrons. The number of carbonyl (C=O) groups excluding carboxylic acids is 1. The third-order valence-electron chi connectivity index (χ3n) is 7.01. The van der Waals surface area contributed by atoms with Gasteiger partial charge in [0, 0.05) is 11.6 Å². The molecule has 1 radical (unpaired) electrons. The van der Waals surface area contributed by atoms with Crippen molar-refractivity contribution < 1.29 is 14.6 Å². The molecule has 2 saturated heterocycles. The van der Waals surface area contributed by atoms with Crippen molar-refractivity contribution in [1.82, 2.24) is 4.81 Å². The Bertz CT molecular complexity index is 1210. The standard InChI is InChI=1S/C17H17BNO.C8H10O.C8H8O/c1-3-8-14(9-4-1)17(15-10-5-2-6-11-15)16-12-7-13-19(16)18-20-17;2*1-7(9)8-5-3-2-4-6-8/h1-6,8-11,16H,7,12-13H2;2-7,9H,1H3;2-6H,1H3/t16-;7-;/m01./s1. The van der Waals surface area contributed by atoms with Crippen LogP contribution in [0, 0.1) is 0 Å². The average molecular weight is 504 g/mol. The summed E-state index contributed by atoms with van der Waals surface area (Å²) in [6.45, 7) is 4.43. The van der Waals surface area contributed by atoms with Gasteiger partial charge < -0.3 is 14.6 Å². The molecule has 0 spiro atoms. The lowest BCUT2D eigenvalue weighted by molar-refractivity contribution is 0.101. The summed E-state index contributed by atoms with van der Waals surface area (Å²) in [5, 5.41) is 9.02. The molecule has 2 fully saturated rings. The van der Waals surface area contributed by atoms with Crippen LogP contribution in [-0.4, -0.2) is 35.9 Å². The minimum Gasteiger partial charge on any atom is -0.409 e. The van der Waals surface area contributed by atoms with E-state index in [1.54, 1.807) is 13.8 Å². The van der Waals surface area contributed by atoms with Gasteiger partial charge in [-0.2, -0.15) is 0 Å². The smallest absolute Gasteiger partial charge is 0.400 e. The van der Waals surface area contributed by atoms with E-state index in [2.05, 4.69) is 65.5 Å². The molecule has 0 aromatic heterocycles. The molecule has 5 heteroatoms. The molecule has 0 amide bonds. The molecular weight excluding hydrogens is 469 g/mol. The highest BCUT2D eigenvalue weighted by atomic mass is 16.5. The van der Waals surface area contributed by atoms with Crippen LogP contribution >= 0.6 is 0 Å². The van der Waals surface area contributed by atoms with Crippen molar-refractivity contribution in [3.8, 4) is 0 Å². The minimum atomic E-state index is -0.348. The number of carbonyl (C=O) groups is 1. The Labute approximate surface area is 227 Å². The maximum Gasteiger partial charge on any atom is 0.400 e. The van der Waals surface area contributed by atoms with Gasteiger partial charge in [0.25, 0.3) is 0 Å². The first kappa shape index (κ1) is 27.5. The molecule has 2 heterocycles. The van der Waals surface area contributed by atoms with Gasteiger partial charge in [0.15, 0.2) is 5.78 Å². The molecule has 2 aliphatic rings. The van der Waals surface area contributed by atoms with Crippen LogP contribution in [0.4, 0.5) is 0 Å². The molecule has 38 heavy (non-hydrogen) atoms. The van der Waals surface area contributed by atoms with E-state index in [1.165, 1.54) is 24.0 Å². The number of aliphatic hydroxyl groups is 1. The Morgan fingerprint density at radius 1 is 0.842 bits per heavy atom. The van der Waals surface area contributed by atoms with Crippen LogP contribution in [-0.2, 0) is 10.3 Å². The number of rotatable bonds is 4. The fourth-order valence-electron chi connectivity index (χ4n) is 5.04. The zero-order chi connectivity index (χ0) is 26.8. The highest BCUT2D eigenvalue weighted by Gasteiger charge is 2.53. The van der Waals surface area contributed by atoms with E-state index in [0.717, 1.165) is 17.7 Å². The molecule has 0 aliphatic carbocycles. The summed E-state index contributed by atoms with van der Waals surface area (Å²) in [7, 11) is 1.94. The lowest BCUT2D eigenvalue weighted by atomic mass is 9.79. The van der Waals surface area contributed by atoms with Crippen LogP contribution in [0.25, 0.3) is 0 Å². The van der Waals surface area contributed by atoms with Crippen LogP contribution in [0.5, 0.6) is 0 Å². The first-order valence-electron chi connectivity index (χ1n) is 13.2. The monoisotopic (exact) mass is 504 g/mol. The van der Waals surface area contributed by atoms with E-state index in [1.807, 2.05) is 68.3 Å². The van der Waals surface area contributed by atoms with Crippen molar-refractivity contribution in [3.63, 3.8) is 0 Å². The van der Waals surface area contributed by atoms with Crippen LogP contribution < -0.4 is 0 Å². The first-order chi connectivity index (χ1) is 18.5. The molecule has 4 aromatic carbocycles. The Morgan fingerprint density at radius 3 is 1.74 bits per heavy atom. The largest absolute Gasteiger partial charge is 0.409 e. The Hall–Kier alpha value is -3.51. The second kappa shape index (κ2) is 13.3. The van der Waals surface area contributed by atoms with Crippen molar-refractivity contribution in [3.05, 3.63) is 144 Å². The van der Waals surface area contributed by atoms with E-state index in [4.69, 9.17) is 9.76 Å². The number of ketones is 1. The second-order valence-electron chi connectivity index (χ2n) is 9.60. The zero-order valence-electron chi connectivity index (χ0n) is 22.1. The van der Waals surface area contributed by atoms with Gasteiger partial charge in [-0.25, -0.2) is 0 Å². The molecule has 4 nitrogen and oxygen atoms in total. The number of Topliss-reactive ketones (excluding diaryl/α,β-unsaturated/α-hetero) is 1. The van der Waals surface area contributed by atoms with Gasteiger partial charge in [-0.3, -0.25) is 4.79 Å². The molecule has 2 aliphatic heterocycles. The number of aliphatic hydroxyl groups excluding tert-OH is 1. The van der Waals surface area contributed by atoms with Gasteiger partial charge in [0.05, 0.1) is 6.10 Å². The molecule has 1 N–H and O–H groups in total. The number of fused-ring (bicyclic) bond motifs is 1. The second-order valence-corrected chi connectivity index (χ2v) is 9.60. The molecule has 6 rings (SSSR count). The van der Waals surface area contributed by atoms with Crippen LogP contribution in [0.15, 0.2) is 121 Å². The predicted molar refractivity (Wildman–Crippen MR) is 154 cm³/mol. The van der Waals surface area contributed by atoms with Crippen molar-refractivity contribution in [2.24, 2.45) is 0 Å². The minimum absolute atomic E-state index is 0.121. The Balaban J connectivity index is 0.000000156. The third kappa shape index (κ3) is 6.49. The number of hydrogen-bond donors (Lipinski definition) is 1. The van der Waals surface area contributed by atoms with Crippen molar-refractivity contribution >= 4 is 13.4 Å². The Morgan fingerprint density at radius 2 is 1.32 bits per heavy atom. The van der Waals surface area contributed by atoms with E-state index in [0.29, 0.717) is 6.04 Å². The van der Waals surface area contributed by atoms with Gasteiger partial charge >= 0.3 is 7.62 Å². The van der Waals surface area contributed by atoms with Crippen LogP contribution in [0.1, 0.15) is 59.8 Å². The van der Waals surface area contributed by atoms with Gasteiger partial charge in [-0.1, -0.05) is 121 Å². The Kier molecular flexibility index (Phi) is 9.66.